The van der Waals surface area contributed by atoms with E-state index in [1.54, 1.807) is 11.3 Å². The first kappa shape index (κ1) is 17.7. The lowest BCUT2D eigenvalue weighted by Gasteiger charge is -2.29. The van der Waals surface area contributed by atoms with Crippen molar-refractivity contribution in [1.29, 1.82) is 0 Å². The molecule has 0 radical (unpaired) electrons. The first-order chi connectivity index (χ1) is 9.28. The summed E-state index contributed by atoms with van der Waals surface area (Å²) in [6.07, 6.45) is 2.57. The van der Waals surface area contributed by atoms with E-state index in [-0.39, 0.29) is 24.0 Å². The lowest BCUT2D eigenvalue weighted by atomic mass is 9.97. The van der Waals surface area contributed by atoms with Gasteiger partial charge in [-0.15, -0.1) is 24.0 Å². The van der Waals surface area contributed by atoms with Crippen molar-refractivity contribution in [1.82, 2.24) is 15.5 Å². The maximum absolute atomic E-state index is 4.27. The van der Waals surface area contributed by atoms with Crippen molar-refractivity contribution < 1.29 is 0 Å². The summed E-state index contributed by atoms with van der Waals surface area (Å²) in [4.78, 5) is 6.68. The Morgan fingerprint density at radius 3 is 2.75 bits per heavy atom. The summed E-state index contributed by atoms with van der Waals surface area (Å²) in [5, 5.41) is 11.1. The highest BCUT2D eigenvalue weighted by Gasteiger charge is 2.16. The van der Waals surface area contributed by atoms with E-state index >= 15 is 0 Å². The molecule has 1 aliphatic heterocycles. The molecule has 1 aromatic heterocycles. The van der Waals surface area contributed by atoms with Crippen molar-refractivity contribution in [3.8, 4) is 0 Å². The Hall–Kier alpha value is -0.340. The molecular weight excluding hydrogens is 383 g/mol. The van der Waals surface area contributed by atoms with Gasteiger partial charge in [-0.3, -0.25) is 4.99 Å². The molecule has 0 amide bonds. The molecule has 0 atom stereocenters. The van der Waals surface area contributed by atoms with E-state index in [1.165, 1.54) is 31.5 Å². The molecular formula is C14H25IN4S. The molecule has 114 valence electrons. The number of hydrogen-bond donors (Lipinski definition) is 2. The summed E-state index contributed by atoms with van der Waals surface area (Å²) >= 11 is 1.73. The van der Waals surface area contributed by atoms with E-state index in [0.717, 1.165) is 25.0 Å². The van der Waals surface area contributed by atoms with E-state index in [0.29, 0.717) is 0 Å². The number of rotatable bonds is 4. The van der Waals surface area contributed by atoms with Gasteiger partial charge in [-0.05, 0) is 61.3 Å². The molecule has 1 aromatic rings. The predicted octanol–water partition coefficient (Wildman–Crippen LogP) is 2.37. The molecule has 0 aliphatic carbocycles. The Morgan fingerprint density at radius 2 is 2.15 bits per heavy atom. The van der Waals surface area contributed by atoms with Crippen LogP contribution < -0.4 is 10.6 Å². The molecule has 2 N–H and O–H groups in total. The molecule has 0 unspecified atom stereocenters. The van der Waals surface area contributed by atoms with Crippen molar-refractivity contribution in [2.75, 3.05) is 33.7 Å². The molecule has 1 fully saturated rings. The van der Waals surface area contributed by atoms with E-state index in [4.69, 9.17) is 0 Å². The molecule has 20 heavy (non-hydrogen) atoms. The Labute approximate surface area is 143 Å². The fourth-order valence-corrected chi connectivity index (χ4v) is 2.98. The molecule has 0 aromatic carbocycles. The first-order valence-corrected chi connectivity index (χ1v) is 7.86. The molecule has 1 saturated heterocycles. The van der Waals surface area contributed by atoms with E-state index in [9.17, 15) is 0 Å². The molecule has 0 spiro atoms. The van der Waals surface area contributed by atoms with Crippen LogP contribution in [0, 0.1) is 5.92 Å². The van der Waals surface area contributed by atoms with Gasteiger partial charge in [0.1, 0.15) is 0 Å². The predicted molar refractivity (Wildman–Crippen MR) is 98.2 cm³/mol. The van der Waals surface area contributed by atoms with Crippen LogP contribution in [0.15, 0.2) is 21.8 Å². The fourth-order valence-electron chi connectivity index (χ4n) is 2.31. The molecule has 2 heterocycles. The van der Waals surface area contributed by atoms with Crippen LogP contribution in [0.3, 0.4) is 0 Å². The Balaban J connectivity index is 0.00000200. The zero-order valence-corrected chi connectivity index (χ0v) is 15.4. The quantitative estimate of drug-likeness (QED) is 0.457. The Bertz CT molecular complexity index is 386. The first-order valence-electron chi connectivity index (χ1n) is 6.92. The highest BCUT2D eigenvalue weighted by atomic mass is 127. The van der Waals surface area contributed by atoms with Crippen LogP contribution in [0.1, 0.15) is 18.4 Å². The summed E-state index contributed by atoms with van der Waals surface area (Å²) in [6, 6.07) is 2.14. The number of likely N-dealkylation sites (tertiary alicyclic amines) is 1. The molecule has 6 heteroatoms. The third-order valence-corrected chi connectivity index (χ3v) is 4.39. The normalized spacial score (nSPS) is 17.6. The van der Waals surface area contributed by atoms with Gasteiger partial charge in [0.05, 0.1) is 0 Å². The number of guanidine groups is 1. The molecule has 4 nitrogen and oxygen atoms in total. The zero-order chi connectivity index (χ0) is 13.5. The molecule has 2 rings (SSSR count). The SMILES string of the molecule is CN=C(NCc1ccsc1)NCC1CCN(C)CC1.I. The molecule has 0 bridgehead atoms. The van der Waals surface area contributed by atoms with Crippen molar-refractivity contribution in [3.63, 3.8) is 0 Å². The highest BCUT2D eigenvalue weighted by Crippen LogP contribution is 2.14. The highest BCUT2D eigenvalue weighted by molar-refractivity contribution is 14.0. The number of nitrogens with zero attached hydrogens (tertiary/aromatic N) is 2. The topological polar surface area (TPSA) is 39.7 Å². The second-order valence-corrected chi connectivity index (χ2v) is 5.96. The smallest absolute Gasteiger partial charge is 0.191 e. The van der Waals surface area contributed by atoms with Gasteiger partial charge in [0.2, 0.25) is 0 Å². The average Bonchev–Trinajstić information content (AvgIpc) is 2.94. The van der Waals surface area contributed by atoms with Crippen molar-refractivity contribution in [2.24, 2.45) is 10.9 Å². The van der Waals surface area contributed by atoms with Crippen LogP contribution in [0.2, 0.25) is 0 Å². The van der Waals surface area contributed by atoms with Crippen molar-refractivity contribution in [3.05, 3.63) is 22.4 Å². The van der Waals surface area contributed by atoms with Gasteiger partial charge in [0, 0.05) is 20.1 Å². The van der Waals surface area contributed by atoms with E-state index in [2.05, 4.69) is 44.4 Å². The number of thiophene rings is 1. The number of nitrogens with one attached hydrogen (secondary N) is 2. The minimum Gasteiger partial charge on any atom is -0.356 e. The third-order valence-electron chi connectivity index (χ3n) is 3.66. The molecule has 1 aliphatic rings. The summed E-state index contributed by atoms with van der Waals surface area (Å²) in [5.41, 5.74) is 1.31. The second kappa shape index (κ2) is 9.57. The largest absolute Gasteiger partial charge is 0.356 e. The van der Waals surface area contributed by atoms with Crippen LogP contribution in [-0.2, 0) is 6.54 Å². The standard InChI is InChI=1S/C14H24N4S.HI/c1-15-14(17-10-13-5-8-19-11-13)16-9-12-3-6-18(2)7-4-12;/h5,8,11-12H,3-4,6-7,9-10H2,1-2H3,(H2,15,16,17);1H. The van der Waals surface area contributed by atoms with Gasteiger partial charge in [0.15, 0.2) is 5.96 Å². The minimum absolute atomic E-state index is 0. The summed E-state index contributed by atoms with van der Waals surface area (Å²) in [7, 11) is 4.03. The monoisotopic (exact) mass is 408 g/mol. The average molecular weight is 408 g/mol. The lowest BCUT2D eigenvalue weighted by Crippen LogP contribution is -2.41. The third kappa shape index (κ3) is 5.97. The van der Waals surface area contributed by atoms with Crippen molar-refractivity contribution in [2.45, 2.75) is 19.4 Å². The van der Waals surface area contributed by atoms with E-state index < -0.39 is 0 Å². The van der Waals surface area contributed by atoms with Gasteiger partial charge in [-0.1, -0.05) is 0 Å². The van der Waals surface area contributed by atoms with Crippen LogP contribution in [0.4, 0.5) is 0 Å². The minimum atomic E-state index is 0. The van der Waals surface area contributed by atoms with Crippen LogP contribution >= 0.6 is 35.3 Å². The number of halogens is 1. The maximum atomic E-state index is 4.27. The van der Waals surface area contributed by atoms with Gasteiger partial charge in [-0.25, -0.2) is 0 Å². The maximum Gasteiger partial charge on any atom is 0.191 e. The van der Waals surface area contributed by atoms with Gasteiger partial charge < -0.3 is 15.5 Å². The fraction of sp³-hybridized carbons (Fsp3) is 0.643. The summed E-state index contributed by atoms with van der Waals surface area (Å²) < 4.78 is 0. The Morgan fingerprint density at radius 1 is 1.40 bits per heavy atom. The Kier molecular flexibility index (Phi) is 8.47. The van der Waals surface area contributed by atoms with Crippen LogP contribution in [0.25, 0.3) is 0 Å². The number of hydrogen-bond acceptors (Lipinski definition) is 3. The number of piperidine rings is 1. The summed E-state index contributed by atoms with van der Waals surface area (Å²) in [5.74, 6) is 1.68. The van der Waals surface area contributed by atoms with Gasteiger partial charge in [-0.2, -0.15) is 11.3 Å². The zero-order valence-electron chi connectivity index (χ0n) is 12.3. The van der Waals surface area contributed by atoms with Crippen LogP contribution in [-0.4, -0.2) is 44.6 Å². The van der Waals surface area contributed by atoms with Crippen LogP contribution in [0.5, 0.6) is 0 Å². The number of aliphatic imine (C=N–C) groups is 1. The van der Waals surface area contributed by atoms with E-state index in [1.807, 2.05) is 7.05 Å². The lowest BCUT2D eigenvalue weighted by molar-refractivity contribution is 0.220. The second-order valence-electron chi connectivity index (χ2n) is 5.18. The van der Waals surface area contributed by atoms with Gasteiger partial charge >= 0.3 is 0 Å². The molecule has 0 saturated carbocycles. The van der Waals surface area contributed by atoms with Crippen molar-refractivity contribution >= 4 is 41.3 Å². The van der Waals surface area contributed by atoms with Gasteiger partial charge in [0.25, 0.3) is 0 Å². The summed E-state index contributed by atoms with van der Waals surface area (Å²) in [6.45, 7) is 4.30.